The van der Waals surface area contributed by atoms with Gasteiger partial charge in [0.25, 0.3) is 0 Å². The van der Waals surface area contributed by atoms with E-state index < -0.39 is 15.2 Å². The molecule has 1 nitrogen and oxygen atoms in total. The highest BCUT2D eigenvalue weighted by atomic mass is 31.2. The Labute approximate surface area is 249 Å². The van der Waals surface area contributed by atoms with Crippen molar-refractivity contribution in [2.45, 2.75) is 19.3 Å². The molecule has 0 aliphatic carbocycles. The highest BCUT2D eigenvalue weighted by Crippen LogP contribution is 2.92. The fraction of sp³-hybridized carbons (Fsp3) is 0.0769. The number of para-hydroxylation sites is 2. The molecule has 42 heavy (non-hydrogen) atoms. The van der Waals surface area contributed by atoms with Crippen LogP contribution in [-0.4, -0.2) is 0 Å². The smallest absolute Gasteiger partial charge is 0.145 e. The van der Waals surface area contributed by atoms with Crippen LogP contribution >= 0.6 is 15.2 Å². The van der Waals surface area contributed by atoms with Crippen LogP contribution in [0.3, 0.4) is 0 Å². The molecule has 0 amide bonds. The summed E-state index contributed by atoms with van der Waals surface area (Å²) in [6.07, 6.45) is 16.5. The van der Waals surface area contributed by atoms with Gasteiger partial charge >= 0.3 is 0 Å². The molecule has 4 bridgehead atoms. The monoisotopic (exact) mass is 575 g/mol. The van der Waals surface area contributed by atoms with E-state index >= 15 is 0 Å². The van der Waals surface area contributed by atoms with Gasteiger partial charge in [-0.3, -0.25) is 0 Å². The highest BCUT2D eigenvalue weighted by Gasteiger charge is 2.62. The zero-order valence-corrected chi connectivity index (χ0v) is 25.4. The van der Waals surface area contributed by atoms with Crippen LogP contribution in [0.1, 0.15) is 30.5 Å². The predicted octanol–water partition coefficient (Wildman–Crippen LogP) is 9.42. The van der Waals surface area contributed by atoms with Crippen LogP contribution in [0.15, 0.2) is 161 Å². The molecule has 3 heteroatoms. The minimum atomic E-state index is -1.61. The van der Waals surface area contributed by atoms with E-state index in [1.165, 1.54) is 59.4 Å². The molecule has 0 N–H and O–H groups in total. The van der Waals surface area contributed by atoms with Crippen molar-refractivity contribution < 1.29 is 4.74 Å². The van der Waals surface area contributed by atoms with Gasteiger partial charge in [0, 0.05) is 33.0 Å². The number of hydrogen-bond donors (Lipinski definition) is 0. The maximum absolute atomic E-state index is 7.24. The first-order valence-electron chi connectivity index (χ1n) is 14.6. The third kappa shape index (κ3) is 3.11. The van der Waals surface area contributed by atoms with Gasteiger partial charge in [-0.1, -0.05) is 111 Å². The van der Waals surface area contributed by atoms with Gasteiger partial charge in [-0.25, -0.2) is 0 Å². The topological polar surface area (TPSA) is 9.23 Å². The summed E-state index contributed by atoms with van der Waals surface area (Å²) in [4.78, 5) is 0. The second kappa shape index (κ2) is 8.75. The fourth-order valence-electron chi connectivity index (χ4n) is 7.49. The Morgan fingerprint density at radius 3 is 1.83 bits per heavy atom. The van der Waals surface area contributed by atoms with Gasteiger partial charge in [-0.05, 0) is 61.1 Å². The summed E-state index contributed by atoms with van der Waals surface area (Å²) in [5.41, 5.74) is 4.85. The molecule has 0 radical (unpaired) electrons. The average Bonchev–Trinajstić information content (AvgIpc) is 3.79. The minimum absolute atomic E-state index is 0.207. The number of hydrogen-bond acceptors (Lipinski definition) is 1. The zero-order chi connectivity index (χ0) is 28.1. The van der Waals surface area contributed by atoms with Gasteiger partial charge in [-0.2, -0.15) is 0 Å². The van der Waals surface area contributed by atoms with Crippen LogP contribution in [0.5, 0.6) is 11.5 Å². The molecular weight excluding hydrogens is 546 g/mol. The van der Waals surface area contributed by atoms with Crippen molar-refractivity contribution in [3.05, 3.63) is 178 Å². The molecule has 0 atom stereocenters. The van der Waals surface area contributed by atoms with Crippen LogP contribution < -0.4 is 20.7 Å². The SMILES string of the molecule is CC1(C)c2cccc(C3=C4C=CC(=C3)[P+]43C4=CC=C3C=C4)c2Oc2c(P(c3ccccc3)c3ccccc3)cccc21. The number of ether oxygens (including phenoxy) is 1. The lowest BCUT2D eigenvalue weighted by molar-refractivity contribution is 0.420. The standard InChI is InChI=1S/C39H29OP2/c1-39(2)33-16-9-15-31(32-25-30-23-24-36(32)42(30)28-19-20-29(42)22-21-28)37(33)40-38-34(39)17-10-18-35(38)41(26-11-5-3-6-12-26)27-13-7-4-8-14-27/h3-25H,1-2H3/q+1. The summed E-state index contributed by atoms with van der Waals surface area (Å²) in [6, 6.07) is 35.4. The van der Waals surface area contributed by atoms with E-state index in [0.717, 1.165) is 11.5 Å². The lowest BCUT2D eigenvalue weighted by atomic mass is 9.74. The molecule has 0 unspecified atom stereocenters. The molecule has 0 saturated heterocycles. The lowest BCUT2D eigenvalue weighted by Crippen LogP contribution is -2.30. The molecule has 0 saturated carbocycles. The second-order valence-electron chi connectivity index (χ2n) is 12.0. The van der Waals surface area contributed by atoms with Crippen molar-refractivity contribution in [1.29, 1.82) is 0 Å². The lowest BCUT2D eigenvalue weighted by Gasteiger charge is -2.37. The first-order chi connectivity index (χ1) is 20.6. The molecule has 1 spiro atoms. The average molecular weight is 576 g/mol. The Balaban J connectivity index is 1.25. The van der Waals surface area contributed by atoms with Crippen molar-refractivity contribution in [3.63, 3.8) is 0 Å². The van der Waals surface area contributed by atoms with Gasteiger partial charge in [0.05, 0.1) is 0 Å². The van der Waals surface area contributed by atoms with Crippen LogP contribution in [-0.2, 0) is 5.41 Å². The second-order valence-corrected chi connectivity index (χ2v) is 17.5. The van der Waals surface area contributed by atoms with Gasteiger partial charge < -0.3 is 4.74 Å². The number of allylic oxidation sites excluding steroid dienone is 12. The first-order valence-corrected chi connectivity index (χ1v) is 17.7. The van der Waals surface area contributed by atoms with E-state index in [1.807, 2.05) is 0 Å². The van der Waals surface area contributed by atoms with Crippen LogP contribution in [0.25, 0.3) is 5.57 Å². The van der Waals surface area contributed by atoms with Gasteiger partial charge in [0.2, 0.25) is 0 Å². The van der Waals surface area contributed by atoms with E-state index in [1.54, 1.807) is 0 Å². The summed E-state index contributed by atoms with van der Waals surface area (Å²) in [5.74, 6) is 2.04. The Morgan fingerprint density at radius 1 is 0.595 bits per heavy atom. The predicted molar refractivity (Wildman–Crippen MR) is 180 cm³/mol. The summed E-state index contributed by atoms with van der Waals surface area (Å²) in [5, 5.41) is 9.90. The number of rotatable bonds is 4. The van der Waals surface area contributed by atoms with Crippen molar-refractivity contribution in [3.8, 4) is 11.5 Å². The first kappa shape index (κ1) is 24.6. The molecule has 4 aromatic carbocycles. The fourth-order valence-corrected chi connectivity index (χ4v) is 14.3. The quantitative estimate of drug-likeness (QED) is 0.220. The summed E-state index contributed by atoms with van der Waals surface area (Å²) in [6.45, 7) is 4.71. The van der Waals surface area contributed by atoms with E-state index in [0.29, 0.717) is 0 Å². The largest absolute Gasteiger partial charge is 0.455 e. The Kier molecular flexibility index (Phi) is 5.12. The van der Waals surface area contributed by atoms with Crippen LogP contribution in [0.4, 0.5) is 0 Å². The summed E-state index contributed by atoms with van der Waals surface area (Å²) >= 11 is 0. The van der Waals surface area contributed by atoms with Crippen LogP contribution in [0.2, 0.25) is 0 Å². The molecule has 5 heterocycles. The van der Waals surface area contributed by atoms with Crippen molar-refractivity contribution in [1.82, 2.24) is 0 Å². The zero-order valence-electron chi connectivity index (χ0n) is 23.6. The molecule has 9 rings (SSSR count). The summed E-state index contributed by atoms with van der Waals surface area (Å²) < 4.78 is 7.24. The van der Waals surface area contributed by atoms with E-state index in [4.69, 9.17) is 4.74 Å². The Morgan fingerprint density at radius 2 is 1.19 bits per heavy atom. The Bertz CT molecular complexity index is 1960. The van der Waals surface area contributed by atoms with Crippen LogP contribution in [0, 0.1) is 0 Å². The normalized spacial score (nSPS) is 19.2. The molecule has 0 aromatic heterocycles. The maximum atomic E-state index is 7.24. The third-order valence-corrected chi connectivity index (χ3v) is 16.2. The van der Waals surface area contributed by atoms with Gasteiger partial charge in [0.15, 0.2) is 0 Å². The third-order valence-electron chi connectivity index (χ3n) is 9.47. The van der Waals surface area contributed by atoms with Gasteiger partial charge in [-0.15, -0.1) is 0 Å². The molecular formula is C39H29OP2+. The van der Waals surface area contributed by atoms with Crippen molar-refractivity contribution in [2.75, 3.05) is 0 Å². The molecule has 4 aromatic rings. The molecule has 200 valence electrons. The minimum Gasteiger partial charge on any atom is -0.455 e. The molecule has 5 aliphatic heterocycles. The molecule has 0 fully saturated rings. The Hall–Kier alpha value is -4.02. The maximum Gasteiger partial charge on any atom is 0.145 e. The number of benzene rings is 4. The van der Waals surface area contributed by atoms with E-state index in [-0.39, 0.29) is 5.41 Å². The number of fused-ring (bicyclic) bond motifs is 2. The summed E-state index contributed by atoms with van der Waals surface area (Å²) in [7, 11) is -2.42. The molecule has 5 aliphatic rings. The van der Waals surface area contributed by atoms with Gasteiger partial charge in [0.1, 0.15) is 40.0 Å². The van der Waals surface area contributed by atoms with Crippen molar-refractivity contribution in [2.24, 2.45) is 0 Å². The highest BCUT2D eigenvalue weighted by molar-refractivity contribution is 7.93. The van der Waals surface area contributed by atoms with E-state index in [9.17, 15) is 0 Å². The van der Waals surface area contributed by atoms with Crippen molar-refractivity contribution >= 4 is 36.7 Å². The van der Waals surface area contributed by atoms with E-state index in [2.05, 4.69) is 153 Å².